The number of amides is 1. The molecule has 0 aliphatic carbocycles. The average Bonchev–Trinajstić information content (AvgIpc) is 2.77. The van der Waals surface area contributed by atoms with Crippen molar-refractivity contribution >= 4 is 11.6 Å². The molecule has 3 aromatic carbocycles. The molecule has 5 heteroatoms. The van der Waals surface area contributed by atoms with Gasteiger partial charge in [0.15, 0.2) is 0 Å². The Kier molecular flexibility index (Phi) is 4.35. The summed E-state index contributed by atoms with van der Waals surface area (Å²) in [6.45, 7) is 2.87. The fourth-order valence-corrected chi connectivity index (χ4v) is 4.21. The predicted octanol–water partition coefficient (Wildman–Crippen LogP) is 3.98. The van der Waals surface area contributed by atoms with Gasteiger partial charge >= 0.3 is 0 Å². The molecular weight excluding hydrogens is 364 g/mol. The third-order valence-corrected chi connectivity index (χ3v) is 5.73. The minimum absolute atomic E-state index is 0.124. The second kappa shape index (κ2) is 7.17. The van der Waals surface area contributed by atoms with Gasteiger partial charge in [-0.2, -0.15) is 0 Å². The van der Waals surface area contributed by atoms with Crippen LogP contribution in [0.25, 0.3) is 0 Å². The smallest absolute Gasteiger partial charge is 0.234 e. The summed E-state index contributed by atoms with van der Waals surface area (Å²) in [5.41, 5.74) is 2.92. The zero-order valence-corrected chi connectivity index (χ0v) is 16.0. The van der Waals surface area contributed by atoms with Gasteiger partial charge in [-0.15, -0.1) is 0 Å². The lowest BCUT2D eigenvalue weighted by molar-refractivity contribution is -0.132. The van der Waals surface area contributed by atoms with E-state index in [0.29, 0.717) is 13.1 Å². The maximum absolute atomic E-state index is 13.6. The fourth-order valence-electron chi connectivity index (χ4n) is 4.21. The number of phenols is 1. The molecule has 0 bridgehead atoms. The van der Waals surface area contributed by atoms with Crippen molar-refractivity contribution in [1.82, 2.24) is 4.90 Å². The molecule has 29 heavy (non-hydrogen) atoms. The Balaban J connectivity index is 1.38. The lowest BCUT2D eigenvalue weighted by Gasteiger charge is -2.38. The number of fused-ring (bicyclic) bond motifs is 2. The Labute approximate surface area is 169 Å². The van der Waals surface area contributed by atoms with Crippen LogP contribution >= 0.6 is 0 Å². The summed E-state index contributed by atoms with van der Waals surface area (Å²) >= 11 is 0. The number of para-hydroxylation sites is 2. The van der Waals surface area contributed by atoms with E-state index in [9.17, 15) is 9.90 Å². The first-order valence-electron chi connectivity index (χ1n) is 9.89. The van der Waals surface area contributed by atoms with Crippen molar-refractivity contribution in [3.05, 3.63) is 83.9 Å². The molecule has 2 heterocycles. The highest BCUT2D eigenvalue weighted by atomic mass is 16.5. The van der Waals surface area contributed by atoms with Gasteiger partial charge in [-0.1, -0.05) is 36.4 Å². The normalized spacial score (nSPS) is 16.0. The molecule has 0 aromatic heterocycles. The average molecular weight is 386 g/mol. The number of anilines is 1. The second-order valence-electron chi connectivity index (χ2n) is 7.44. The van der Waals surface area contributed by atoms with Crippen LogP contribution in [0.1, 0.15) is 17.0 Å². The van der Waals surface area contributed by atoms with E-state index in [2.05, 4.69) is 4.90 Å². The number of hydrogen-bond acceptors (Lipinski definition) is 4. The van der Waals surface area contributed by atoms with E-state index in [4.69, 9.17) is 4.74 Å². The highest BCUT2D eigenvalue weighted by molar-refractivity contribution is 5.90. The summed E-state index contributed by atoms with van der Waals surface area (Å²) < 4.78 is 6.03. The summed E-state index contributed by atoms with van der Waals surface area (Å²) in [6, 6.07) is 22.8. The maximum atomic E-state index is 13.6. The number of carbonyl (C=O) groups excluding carboxylic acids is 1. The SMILES string of the molecule is O=C(C1c2ccccc2Oc2ccccc21)N1CCN(c2ccc(O)cc2)CC1. The van der Waals surface area contributed by atoms with Gasteiger partial charge < -0.3 is 19.6 Å². The number of aromatic hydroxyl groups is 1. The summed E-state index contributed by atoms with van der Waals surface area (Å²) in [5, 5.41) is 9.49. The Morgan fingerprint density at radius 3 is 1.93 bits per heavy atom. The van der Waals surface area contributed by atoms with E-state index >= 15 is 0 Å². The third-order valence-electron chi connectivity index (χ3n) is 5.73. The Morgan fingerprint density at radius 2 is 1.34 bits per heavy atom. The van der Waals surface area contributed by atoms with Crippen molar-refractivity contribution in [2.24, 2.45) is 0 Å². The predicted molar refractivity (Wildman–Crippen MR) is 112 cm³/mol. The maximum Gasteiger partial charge on any atom is 0.234 e. The second-order valence-corrected chi connectivity index (χ2v) is 7.44. The Bertz CT molecular complexity index is 995. The standard InChI is InChI=1S/C24H22N2O3/c27-18-11-9-17(10-12-18)25-13-15-26(16-14-25)24(28)23-19-5-1-3-7-21(19)29-22-8-4-2-6-20(22)23/h1-12,23,27H,13-16H2. The Hall–Kier alpha value is -3.47. The highest BCUT2D eigenvalue weighted by Crippen LogP contribution is 2.44. The third kappa shape index (κ3) is 3.18. The summed E-state index contributed by atoms with van der Waals surface area (Å²) in [4.78, 5) is 17.8. The number of carbonyl (C=O) groups is 1. The van der Waals surface area contributed by atoms with Crippen LogP contribution in [-0.4, -0.2) is 42.1 Å². The minimum Gasteiger partial charge on any atom is -0.508 e. The number of nitrogens with zero attached hydrogens (tertiary/aromatic N) is 2. The van der Waals surface area contributed by atoms with Crippen LogP contribution in [-0.2, 0) is 4.79 Å². The van der Waals surface area contributed by atoms with Crippen molar-refractivity contribution in [3.8, 4) is 17.2 Å². The van der Waals surface area contributed by atoms with Crippen LogP contribution in [0.15, 0.2) is 72.8 Å². The fraction of sp³-hybridized carbons (Fsp3) is 0.208. The van der Waals surface area contributed by atoms with Gasteiger partial charge in [0.1, 0.15) is 17.2 Å². The summed E-state index contributed by atoms with van der Waals surface area (Å²) in [7, 11) is 0. The number of benzene rings is 3. The molecule has 1 saturated heterocycles. The molecule has 1 amide bonds. The number of hydrogen-bond donors (Lipinski definition) is 1. The van der Waals surface area contributed by atoms with Gasteiger partial charge in [0.2, 0.25) is 5.91 Å². The van der Waals surface area contributed by atoms with E-state index < -0.39 is 0 Å². The zero-order chi connectivity index (χ0) is 19.8. The number of ether oxygens (including phenoxy) is 1. The molecule has 1 fully saturated rings. The van der Waals surface area contributed by atoms with Crippen LogP contribution in [0, 0.1) is 0 Å². The molecule has 0 atom stereocenters. The van der Waals surface area contributed by atoms with Gasteiger partial charge in [0.05, 0.1) is 5.92 Å². The first kappa shape index (κ1) is 17.6. The van der Waals surface area contributed by atoms with Crippen LogP contribution in [0.4, 0.5) is 5.69 Å². The van der Waals surface area contributed by atoms with Gasteiger partial charge in [0, 0.05) is 43.0 Å². The molecule has 0 saturated carbocycles. The summed E-state index contributed by atoms with van der Waals surface area (Å²) in [6.07, 6.45) is 0. The van der Waals surface area contributed by atoms with E-state index in [-0.39, 0.29) is 17.6 Å². The van der Waals surface area contributed by atoms with Gasteiger partial charge in [-0.05, 0) is 36.4 Å². The molecule has 3 aromatic rings. The topological polar surface area (TPSA) is 53.0 Å². The summed E-state index contributed by atoms with van der Waals surface area (Å²) in [5.74, 6) is 1.56. The number of rotatable bonds is 2. The molecule has 1 N–H and O–H groups in total. The lowest BCUT2D eigenvalue weighted by atomic mass is 9.86. The van der Waals surface area contributed by atoms with Crippen LogP contribution < -0.4 is 9.64 Å². The van der Waals surface area contributed by atoms with Crippen molar-refractivity contribution < 1.29 is 14.6 Å². The van der Waals surface area contributed by atoms with Crippen LogP contribution in [0.5, 0.6) is 17.2 Å². The molecule has 2 aliphatic heterocycles. The van der Waals surface area contributed by atoms with E-state index in [1.807, 2.05) is 65.6 Å². The monoisotopic (exact) mass is 386 g/mol. The number of piperazine rings is 1. The van der Waals surface area contributed by atoms with Crippen LogP contribution in [0.3, 0.4) is 0 Å². The first-order valence-corrected chi connectivity index (χ1v) is 9.89. The van der Waals surface area contributed by atoms with Crippen LogP contribution in [0.2, 0.25) is 0 Å². The molecular formula is C24H22N2O3. The van der Waals surface area contributed by atoms with Gasteiger partial charge in [-0.3, -0.25) is 4.79 Å². The molecule has 0 radical (unpaired) electrons. The van der Waals surface area contributed by atoms with Gasteiger partial charge in [0.25, 0.3) is 0 Å². The van der Waals surface area contributed by atoms with Crippen molar-refractivity contribution in [2.75, 3.05) is 31.1 Å². The molecule has 5 rings (SSSR count). The number of phenolic OH excluding ortho intramolecular Hbond substituents is 1. The van der Waals surface area contributed by atoms with Crippen molar-refractivity contribution in [3.63, 3.8) is 0 Å². The Morgan fingerprint density at radius 1 is 0.793 bits per heavy atom. The molecule has 0 unspecified atom stereocenters. The molecule has 5 nitrogen and oxygen atoms in total. The minimum atomic E-state index is -0.337. The zero-order valence-electron chi connectivity index (χ0n) is 16.0. The van der Waals surface area contributed by atoms with Gasteiger partial charge in [-0.25, -0.2) is 0 Å². The molecule has 2 aliphatic rings. The van der Waals surface area contributed by atoms with E-state index in [1.54, 1.807) is 12.1 Å². The van der Waals surface area contributed by atoms with Crippen molar-refractivity contribution in [1.29, 1.82) is 0 Å². The molecule has 0 spiro atoms. The quantitative estimate of drug-likeness (QED) is 0.724. The molecule has 146 valence electrons. The van der Waals surface area contributed by atoms with E-state index in [1.165, 1.54) is 0 Å². The lowest BCUT2D eigenvalue weighted by Crippen LogP contribution is -2.50. The van der Waals surface area contributed by atoms with Crippen molar-refractivity contribution in [2.45, 2.75) is 5.92 Å². The highest BCUT2D eigenvalue weighted by Gasteiger charge is 2.36. The largest absolute Gasteiger partial charge is 0.508 e. The first-order chi connectivity index (χ1) is 14.2. The van der Waals surface area contributed by atoms with E-state index in [0.717, 1.165) is 41.4 Å².